The third-order valence-electron chi connectivity index (χ3n) is 3.57. The molecule has 0 spiro atoms. The first-order valence-corrected chi connectivity index (χ1v) is 7.58. The summed E-state index contributed by atoms with van der Waals surface area (Å²) in [6.45, 7) is 0. The topological polar surface area (TPSA) is 0 Å². The average Bonchev–Trinajstić information content (AvgIpc) is 2.59. The average molecular weight is 399 g/mol. The van der Waals surface area contributed by atoms with Crippen LogP contribution in [0.1, 0.15) is 0 Å². The van der Waals surface area contributed by atoms with Crippen LogP contribution in [-0.2, 0) is 0 Å². The molecule has 0 amide bonds. The molecule has 0 heterocycles. The lowest BCUT2D eigenvalue weighted by atomic mass is 9.93. The van der Waals surface area contributed by atoms with E-state index in [9.17, 15) is 22.0 Å². The molecule has 0 aliphatic rings. The van der Waals surface area contributed by atoms with Crippen LogP contribution >= 0.6 is 15.9 Å². The first-order chi connectivity index (χ1) is 11.4. The van der Waals surface area contributed by atoms with Gasteiger partial charge >= 0.3 is 0 Å². The van der Waals surface area contributed by atoms with E-state index < -0.39 is 34.6 Å². The van der Waals surface area contributed by atoms with Crippen molar-refractivity contribution in [2.24, 2.45) is 0 Å². The molecule has 24 heavy (non-hydrogen) atoms. The van der Waals surface area contributed by atoms with E-state index in [-0.39, 0.29) is 5.56 Å². The molecule has 0 N–H and O–H groups in total. The Morgan fingerprint density at radius 1 is 0.500 bits per heavy atom. The van der Waals surface area contributed by atoms with Crippen LogP contribution in [0.25, 0.3) is 22.3 Å². The van der Waals surface area contributed by atoms with E-state index in [1.54, 1.807) is 36.4 Å². The van der Waals surface area contributed by atoms with E-state index in [0.29, 0.717) is 15.6 Å². The minimum absolute atomic E-state index is 0.0859. The van der Waals surface area contributed by atoms with Gasteiger partial charge in [0.15, 0.2) is 23.3 Å². The van der Waals surface area contributed by atoms with E-state index in [4.69, 9.17) is 0 Å². The Bertz CT molecular complexity index is 908. The van der Waals surface area contributed by atoms with Gasteiger partial charge in [0.05, 0.1) is 5.56 Å². The second-order valence-corrected chi connectivity index (χ2v) is 5.82. The summed E-state index contributed by atoms with van der Waals surface area (Å²) in [6.07, 6.45) is 0. The lowest BCUT2D eigenvalue weighted by molar-refractivity contribution is 0.381. The lowest BCUT2D eigenvalue weighted by Crippen LogP contribution is -2.04. The third kappa shape index (κ3) is 2.60. The van der Waals surface area contributed by atoms with E-state index in [1.165, 1.54) is 12.1 Å². The summed E-state index contributed by atoms with van der Waals surface area (Å²) < 4.78 is 69.3. The van der Waals surface area contributed by atoms with E-state index >= 15 is 0 Å². The number of hydrogen-bond donors (Lipinski definition) is 0. The van der Waals surface area contributed by atoms with Crippen LogP contribution in [0, 0.1) is 29.1 Å². The molecule has 122 valence electrons. The molecule has 3 aromatic rings. The van der Waals surface area contributed by atoms with Crippen LogP contribution in [0.15, 0.2) is 53.0 Å². The quantitative estimate of drug-likeness (QED) is 0.263. The van der Waals surface area contributed by atoms with Crippen molar-refractivity contribution in [2.45, 2.75) is 0 Å². The molecule has 6 heteroatoms. The minimum Gasteiger partial charge on any atom is -0.203 e. The van der Waals surface area contributed by atoms with E-state index in [0.717, 1.165) is 0 Å². The molecular formula is C18H8BrF5. The zero-order valence-corrected chi connectivity index (χ0v) is 13.5. The first-order valence-electron chi connectivity index (χ1n) is 6.79. The van der Waals surface area contributed by atoms with Crippen LogP contribution in [0.5, 0.6) is 0 Å². The summed E-state index contributed by atoms with van der Waals surface area (Å²) in [5.41, 5.74) is -0.125. The number of hydrogen-bond acceptors (Lipinski definition) is 0. The molecule has 0 radical (unpaired) electrons. The predicted octanol–water partition coefficient (Wildman–Crippen LogP) is 6.48. The van der Waals surface area contributed by atoms with Crippen LogP contribution in [0.3, 0.4) is 0 Å². The summed E-state index contributed by atoms with van der Waals surface area (Å²) in [4.78, 5) is 0. The highest BCUT2D eigenvalue weighted by atomic mass is 79.9. The molecule has 0 nitrogen and oxygen atoms in total. The Morgan fingerprint density at radius 2 is 0.917 bits per heavy atom. The van der Waals surface area contributed by atoms with Crippen molar-refractivity contribution in [2.75, 3.05) is 0 Å². The Hall–Kier alpha value is -2.21. The Morgan fingerprint density at radius 3 is 1.46 bits per heavy atom. The maximum Gasteiger partial charge on any atom is 0.200 e. The summed E-state index contributed by atoms with van der Waals surface area (Å²) in [6, 6.07) is 12.8. The number of rotatable bonds is 2. The predicted molar refractivity (Wildman–Crippen MR) is 84.8 cm³/mol. The van der Waals surface area contributed by atoms with Crippen LogP contribution in [0.2, 0.25) is 0 Å². The fourth-order valence-corrected chi connectivity index (χ4v) is 2.96. The smallest absolute Gasteiger partial charge is 0.200 e. The highest BCUT2D eigenvalue weighted by Crippen LogP contribution is 2.39. The SMILES string of the molecule is Fc1c(F)c(F)c(-c2ccccc2-c2ccccc2Br)c(F)c1F. The molecular weight excluding hydrogens is 391 g/mol. The molecule has 0 aromatic heterocycles. The molecule has 3 rings (SSSR count). The first kappa shape index (κ1) is 16.6. The molecule has 3 aromatic carbocycles. The van der Waals surface area contributed by atoms with Gasteiger partial charge in [-0.1, -0.05) is 58.4 Å². The van der Waals surface area contributed by atoms with Gasteiger partial charge in [-0.05, 0) is 22.8 Å². The molecule has 0 atom stereocenters. The van der Waals surface area contributed by atoms with Crippen molar-refractivity contribution in [1.82, 2.24) is 0 Å². The zero-order valence-electron chi connectivity index (χ0n) is 11.9. The normalized spacial score (nSPS) is 10.9. The second-order valence-electron chi connectivity index (χ2n) is 4.97. The highest BCUT2D eigenvalue weighted by molar-refractivity contribution is 9.10. The second kappa shape index (κ2) is 6.36. The maximum atomic E-state index is 14.2. The molecule has 0 aliphatic carbocycles. The van der Waals surface area contributed by atoms with E-state index in [1.807, 2.05) is 0 Å². The van der Waals surface area contributed by atoms with E-state index in [2.05, 4.69) is 15.9 Å². The molecule has 0 fully saturated rings. The lowest BCUT2D eigenvalue weighted by Gasteiger charge is -2.14. The minimum atomic E-state index is -2.17. The highest BCUT2D eigenvalue weighted by Gasteiger charge is 2.28. The summed E-state index contributed by atoms with van der Waals surface area (Å²) in [5, 5.41) is 0. The largest absolute Gasteiger partial charge is 0.203 e. The van der Waals surface area contributed by atoms with Crippen LogP contribution in [0.4, 0.5) is 22.0 Å². The summed E-state index contributed by atoms with van der Waals surface area (Å²) in [7, 11) is 0. The number of benzene rings is 3. The summed E-state index contributed by atoms with van der Waals surface area (Å²) >= 11 is 3.32. The van der Waals surface area contributed by atoms with Gasteiger partial charge in [-0.3, -0.25) is 0 Å². The van der Waals surface area contributed by atoms with Gasteiger partial charge in [0.1, 0.15) is 0 Å². The Balaban J connectivity index is 2.37. The third-order valence-corrected chi connectivity index (χ3v) is 4.26. The van der Waals surface area contributed by atoms with Gasteiger partial charge in [-0.2, -0.15) is 0 Å². The van der Waals surface area contributed by atoms with Crippen molar-refractivity contribution >= 4 is 15.9 Å². The summed E-state index contributed by atoms with van der Waals surface area (Å²) in [5.74, 6) is -9.82. The van der Waals surface area contributed by atoms with Crippen molar-refractivity contribution in [3.8, 4) is 22.3 Å². The van der Waals surface area contributed by atoms with Crippen molar-refractivity contribution < 1.29 is 22.0 Å². The van der Waals surface area contributed by atoms with Gasteiger partial charge in [0.25, 0.3) is 0 Å². The Labute approximate surface area is 142 Å². The zero-order chi connectivity index (χ0) is 17.4. The molecule has 0 aliphatic heterocycles. The maximum absolute atomic E-state index is 14.2. The van der Waals surface area contributed by atoms with Crippen LogP contribution < -0.4 is 0 Å². The number of halogens is 6. The molecule has 0 saturated heterocycles. The van der Waals surface area contributed by atoms with Gasteiger partial charge in [-0.25, -0.2) is 22.0 Å². The molecule has 0 saturated carbocycles. The van der Waals surface area contributed by atoms with Crippen molar-refractivity contribution in [3.63, 3.8) is 0 Å². The fraction of sp³-hybridized carbons (Fsp3) is 0. The van der Waals surface area contributed by atoms with Gasteiger partial charge < -0.3 is 0 Å². The van der Waals surface area contributed by atoms with Gasteiger partial charge in [0, 0.05) is 4.47 Å². The van der Waals surface area contributed by atoms with Gasteiger partial charge in [-0.15, -0.1) is 0 Å². The Kier molecular flexibility index (Phi) is 4.41. The molecule has 0 unspecified atom stereocenters. The van der Waals surface area contributed by atoms with Crippen molar-refractivity contribution in [1.29, 1.82) is 0 Å². The van der Waals surface area contributed by atoms with Gasteiger partial charge in [0.2, 0.25) is 5.82 Å². The molecule has 0 bridgehead atoms. The monoisotopic (exact) mass is 398 g/mol. The van der Waals surface area contributed by atoms with Crippen LogP contribution in [-0.4, -0.2) is 0 Å². The standard InChI is InChI=1S/C18H8BrF5/c19-12-8-4-3-6-10(12)9-5-1-2-7-11(9)13-14(20)16(22)18(24)17(23)15(13)21/h1-8H. The fourth-order valence-electron chi connectivity index (χ4n) is 2.46. The van der Waals surface area contributed by atoms with Crippen molar-refractivity contribution in [3.05, 3.63) is 82.1 Å².